The Kier molecular flexibility index (Phi) is 8.94. The van der Waals surface area contributed by atoms with Crippen LogP contribution in [0.4, 0.5) is 0 Å². The number of hydrogen-bond donors (Lipinski definition) is 3. The van der Waals surface area contributed by atoms with Gasteiger partial charge in [0, 0.05) is 6.42 Å². The number of nitrogens with two attached hydrogens (primary N) is 1. The van der Waals surface area contributed by atoms with E-state index in [0.29, 0.717) is 0 Å². The predicted octanol–water partition coefficient (Wildman–Crippen LogP) is -0.893. The van der Waals surface area contributed by atoms with Crippen LogP contribution >= 0.6 is 0 Å². The van der Waals surface area contributed by atoms with Crippen LogP contribution < -0.4 is 5.73 Å². The Balaban J connectivity index is -0.000000135. The summed E-state index contributed by atoms with van der Waals surface area (Å²) in [6.07, 6.45) is -0.224. The third-order valence-electron chi connectivity index (χ3n) is 0.986. The molecule has 0 aliphatic carbocycles. The van der Waals surface area contributed by atoms with Gasteiger partial charge in [-0.3, -0.25) is 9.59 Å². The van der Waals surface area contributed by atoms with Crippen molar-refractivity contribution in [2.45, 2.75) is 18.9 Å². The molecule has 0 saturated heterocycles. The van der Waals surface area contributed by atoms with E-state index in [1.807, 2.05) is 0 Å². The average molecular weight is 237 g/mol. The van der Waals surface area contributed by atoms with Crippen molar-refractivity contribution in [1.29, 1.82) is 0 Å². The fourth-order valence-corrected chi connectivity index (χ4v) is 0.402. The van der Waals surface area contributed by atoms with Crippen LogP contribution in [-0.2, 0) is 9.59 Å². The molecule has 0 aliphatic heterocycles. The third-order valence-corrected chi connectivity index (χ3v) is 0.986. The zero-order chi connectivity index (χ0) is 8.15. The van der Waals surface area contributed by atoms with E-state index in [1.54, 1.807) is 0 Å². The van der Waals surface area contributed by atoms with Crippen LogP contribution in [0.1, 0.15) is 15.7 Å². The van der Waals surface area contributed by atoms with Crippen LogP contribution in [0, 0.1) is 0 Å². The van der Waals surface area contributed by atoms with E-state index in [4.69, 9.17) is 15.9 Å². The second-order valence-electron chi connectivity index (χ2n) is 1.88. The fourth-order valence-electron chi connectivity index (χ4n) is 0.402. The SMILES string of the molecule is NC(CCC(=O)O)C(=O)O.[H-].[H-].[Sr+2]. The fraction of sp³-hybridized carbons (Fsp3) is 0.600. The number of carboxylic acids is 2. The number of aliphatic carboxylic acids is 2. The Bertz CT molecular complexity index is 157. The van der Waals surface area contributed by atoms with Gasteiger partial charge in [0.25, 0.3) is 0 Å². The molecule has 0 bridgehead atoms. The van der Waals surface area contributed by atoms with Crippen LogP contribution in [0.15, 0.2) is 0 Å². The van der Waals surface area contributed by atoms with E-state index in [1.165, 1.54) is 0 Å². The molecule has 0 radical (unpaired) electrons. The Morgan fingerprint density at radius 3 is 2.18 bits per heavy atom. The van der Waals surface area contributed by atoms with Crippen molar-refractivity contribution in [3.05, 3.63) is 0 Å². The molecule has 4 N–H and O–H groups in total. The summed E-state index contributed by atoms with van der Waals surface area (Å²) in [5.74, 6) is -2.20. The summed E-state index contributed by atoms with van der Waals surface area (Å²) in [7, 11) is 0. The topological polar surface area (TPSA) is 101 Å². The molecule has 0 aromatic rings. The summed E-state index contributed by atoms with van der Waals surface area (Å²) < 4.78 is 0. The average Bonchev–Trinajstić information content (AvgIpc) is 1.82. The molecule has 5 nitrogen and oxygen atoms in total. The maximum atomic E-state index is 9.99. The Hall–Kier alpha value is 0.381. The molecule has 0 aromatic heterocycles. The van der Waals surface area contributed by atoms with E-state index in [9.17, 15) is 9.59 Å². The summed E-state index contributed by atoms with van der Waals surface area (Å²) in [5, 5.41) is 16.3. The zero-order valence-corrected chi connectivity index (χ0v) is 9.46. The largest absolute Gasteiger partial charge is 2.00 e. The molecule has 1 atom stereocenters. The molecule has 0 aromatic carbocycles. The summed E-state index contributed by atoms with van der Waals surface area (Å²) in [4.78, 5) is 19.9. The summed E-state index contributed by atoms with van der Waals surface area (Å²) in [6.45, 7) is 0. The van der Waals surface area contributed by atoms with E-state index >= 15 is 0 Å². The molecule has 0 spiro atoms. The molecule has 62 valence electrons. The summed E-state index contributed by atoms with van der Waals surface area (Å²) >= 11 is 0. The van der Waals surface area contributed by atoms with Crippen LogP contribution in [-0.4, -0.2) is 73.7 Å². The molecule has 6 heteroatoms. The van der Waals surface area contributed by atoms with Gasteiger partial charge < -0.3 is 18.8 Å². The third kappa shape index (κ3) is 8.29. The second kappa shape index (κ2) is 7.05. The first kappa shape index (κ1) is 13.9. The smallest absolute Gasteiger partial charge is 1.00 e. The normalized spacial score (nSPS) is 11.4. The van der Waals surface area contributed by atoms with Crippen molar-refractivity contribution in [1.82, 2.24) is 0 Å². The molecule has 1 unspecified atom stereocenters. The maximum Gasteiger partial charge on any atom is 2.00 e. The molecule has 0 heterocycles. The Labute approximate surface area is 104 Å². The maximum absolute atomic E-state index is 9.99. The number of hydrogen-bond acceptors (Lipinski definition) is 3. The van der Waals surface area contributed by atoms with Gasteiger partial charge in [0.05, 0.1) is 0 Å². The van der Waals surface area contributed by atoms with Crippen LogP contribution in [0.2, 0.25) is 0 Å². The van der Waals surface area contributed by atoms with E-state index in [0.717, 1.165) is 0 Å². The predicted molar refractivity (Wildman–Crippen MR) is 40.5 cm³/mol. The van der Waals surface area contributed by atoms with Gasteiger partial charge in [-0.2, -0.15) is 0 Å². The minimum Gasteiger partial charge on any atom is -1.00 e. The first-order valence-electron chi connectivity index (χ1n) is 2.74. The van der Waals surface area contributed by atoms with Gasteiger partial charge >= 0.3 is 57.4 Å². The van der Waals surface area contributed by atoms with E-state index < -0.39 is 18.0 Å². The first-order valence-corrected chi connectivity index (χ1v) is 2.74. The summed E-state index contributed by atoms with van der Waals surface area (Å²) in [5.41, 5.74) is 5.00. The Morgan fingerprint density at radius 1 is 1.45 bits per heavy atom. The molecular formula is C5H11NO4Sr. The zero-order valence-electron chi connectivity index (χ0n) is 7.99. The molecule has 0 saturated carbocycles. The summed E-state index contributed by atoms with van der Waals surface area (Å²) in [6, 6.07) is -1.06. The van der Waals surface area contributed by atoms with Gasteiger partial charge in [-0.1, -0.05) is 0 Å². The van der Waals surface area contributed by atoms with Gasteiger partial charge in [0.15, 0.2) is 0 Å². The Morgan fingerprint density at radius 2 is 1.91 bits per heavy atom. The molecule has 0 rings (SSSR count). The quantitative estimate of drug-likeness (QED) is 0.550. The minimum absolute atomic E-state index is 0. The first-order chi connectivity index (χ1) is 4.54. The van der Waals surface area contributed by atoms with Crippen molar-refractivity contribution < 1.29 is 22.7 Å². The van der Waals surface area contributed by atoms with Crippen LogP contribution in [0.5, 0.6) is 0 Å². The van der Waals surface area contributed by atoms with Gasteiger partial charge in [-0.05, 0) is 6.42 Å². The molecular weight excluding hydrogens is 226 g/mol. The molecule has 0 fully saturated rings. The molecule has 11 heavy (non-hydrogen) atoms. The van der Waals surface area contributed by atoms with Gasteiger partial charge in [0.1, 0.15) is 6.04 Å². The van der Waals surface area contributed by atoms with Crippen molar-refractivity contribution in [3.8, 4) is 0 Å². The van der Waals surface area contributed by atoms with Crippen molar-refractivity contribution >= 4 is 57.4 Å². The van der Waals surface area contributed by atoms with Gasteiger partial charge in [-0.15, -0.1) is 0 Å². The second-order valence-corrected chi connectivity index (χ2v) is 1.88. The van der Waals surface area contributed by atoms with Gasteiger partial charge in [0.2, 0.25) is 0 Å². The van der Waals surface area contributed by atoms with E-state index in [2.05, 4.69) is 0 Å². The van der Waals surface area contributed by atoms with Crippen LogP contribution in [0.3, 0.4) is 0 Å². The number of carboxylic acid groups (broad SMARTS) is 2. The number of carbonyl (C=O) groups is 2. The standard InChI is InChI=1S/C5H9NO4.Sr.2H/c6-3(5(9)10)1-2-4(7)8;;;/h3H,1-2,6H2,(H,7,8)(H,9,10);;;/q;+2;2*-1. The molecule has 0 aliphatic rings. The van der Waals surface area contributed by atoms with Gasteiger partial charge in [-0.25, -0.2) is 0 Å². The number of rotatable bonds is 4. The monoisotopic (exact) mass is 237 g/mol. The van der Waals surface area contributed by atoms with E-state index in [-0.39, 0.29) is 61.2 Å². The van der Waals surface area contributed by atoms with Crippen molar-refractivity contribution in [2.75, 3.05) is 0 Å². The molecule has 0 amide bonds. The van der Waals surface area contributed by atoms with Crippen molar-refractivity contribution in [3.63, 3.8) is 0 Å². The minimum atomic E-state index is -1.17. The van der Waals surface area contributed by atoms with Crippen LogP contribution in [0.25, 0.3) is 0 Å². The van der Waals surface area contributed by atoms with Crippen molar-refractivity contribution in [2.24, 2.45) is 5.73 Å².